The van der Waals surface area contributed by atoms with Crippen LogP contribution in [0.4, 0.5) is 11.4 Å². The maximum absolute atomic E-state index is 13.0. The van der Waals surface area contributed by atoms with Crippen molar-refractivity contribution in [2.24, 2.45) is 0 Å². The molecule has 0 radical (unpaired) electrons. The van der Waals surface area contributed by atoms with E-state index in [4.69, 9.17) is 0 Å². The molecular formula is C28H25N3O2. The van der Waals surface area contributed by atoms with Crippen molar-refractivity contribution in [2.75, 3.05) is 16.8 Å². The molecule has 1 aliphatic rings. The average Bonchev–Trinajstić information content (AvgIpc) is 3.26. The van der Waals surface area contributed by atoms with Crippen molar-refractivity contribution < 1.29 is 9.59 Å². The maximum Gasteiger partial charge on any atom is 0.258 e. The van der Waals surface area contributed by atoms with Gasteiger partial charge in [-0.3, -0.25) is 14.6 Å². The summed E-state index contributed by atoms with van der Waals surface area (Å²) in [6, 6.07) is 23.1. The summed E-state index contributed by atoms with van der Waals surface area (Å²) in [5.74, 6) is -0.128. The van der Waals surface area contributed by atoms with Gasteiger partial charge in [-0.2, -0.15) is 0 Å². The molecule has 3 aromatic carbocycles. The molecule has 0 bridgehead atoms. The van der Waals surface area contributed by atoms with Crippen molar-refractivity contribution in [2.45, 2.75) is 26.7 Å². The molecule has 4 aromatic rings. The largest absolute Gasteiger partial charge is 0.326 e. The first-order valence-corrected chi connectivity index (χ1v) is 11.2. The van der Waals surface area contributed by atoms with Crippen LogP contribution in [0, 0.1) is 13.8 Å². The summed E-state index contributed by atoms with van der Waals surface area (Å²) in [7, 11) is 0. The number of carbonyl (C=O) groups excluding carboxylic acids is 2. The van der Waals surface area contributed by atoms with Crippen molar-refractivity contribution in [1.29, 1.82) is 0 Å². The van der Waals surface area contributed by atoms with Crippen molar-refractivity contribution in [1.82, 2.24) is 4.98 Å². The number of pyridine rings is 1. The highest BCUT2D eigenvalue weighted by Crippen LogP contribution is 2.29. The molecule has 5 rings (SSSR count). The van der Waals surface area contributed by atoms with Gasteiger partial charge in [-0.05, 0) is 73.4 Å². The molecule has 1 N–H and O–H groups in total. The van der Waals surface area contributed by atoms with Crippen LogP contribution in [0.25, 0.3) is 10.9 Å². The normalized spacial score (nSPS) is 12.6. The molecule has 2 amide bonds. The van der Waals surface area contributed by atoms with Crippen molar-refractivity contribution in [3.05, 3.63) is 101 Å². The number of nitrogens with zero attached hydrogens (tertiary/aromatic N) is 2. The third-order valence-corrected chi connectivity index (χ3v) is 6.37. The molecule has 0 spiro atoms. The predicted octanol–water partition coefficient (Wildman–Crippen LogP) is 5.24. The van der Waals surface area contributed by atoms with E-state index in [0.29, 0.717) is 17.8 Å². The van der Waals surface area contributed by atoms with E-state index < -0.39 is 0 Å². The van der Waals surface area contributed by atoms with E-state index in [0.717, 1.165) is 39.8 Å². The Bertz CT molecular complexity index is 1380. The number of benzene rings is 3. The average molecular weight is 436 g/mol. The lowest BCUT2D eigenvalue weighted by Gasteiger charge is -2.17. The molecule has 0 unspecified atom stereocenters. The molecule has 164 valence electrons. The Kier molecular flexibility index (Phi) is 5.38. The van der Waals surface area contributed by atoms with Gasteiger partial charge in [-0.25, -0.2) is 0 Å². The van der Waals surface area contributed by atoms with Gasteiger partial charge in [0.15, 0.2) is 0 Å². The predicted molar refractivity (Wildman–Crippen MR) is 132 cm³/mol. The van der Waals surface area contributed by atoms with Gasteiger partial charge in [0, 0.05) is 34.6 Å². The summed E-state index contributed by atoms with van der Waals surface area (Å²) < 4.78 is 0. The lowest BCUT2D eigenvalue weighted by atomic mass is 9.99. The standard InChI is InChI=1S/C28H25N3O2/c1-18-23-8-4-5-9-25(23)29-19(2)24(18)17-27(32)30-22-13-11-21(12-14-22)28(33)31-16-15-20-7-3-6-10-26(20)31/h3-14H,15-17H2,1-2H3,(H,30,32). The highest BCUT2D eigenvalue weighted by molar-refractivity contribution is 6.07. The SMILES string of the molecule is Cc1nc2ccccc2c(C)c1CC(=O)Nc1ccc(C(=O)N2CCc3ccccc32)cc1. The number of para-hydroxylation sites is 2. The Balaban J connectivity index is 1.29. The molecule has 2 heterocycles. The second-order valence-corrected chi connectivity index (χ2v) is 8.46. The fourth-order valence-corrected chi connectivity index (χ4v) is 4.60. The molecule has 0 fully saturated rings. The molecule has 0 atom stereocenters. The van der Waals surface area contributed by atoms with Crippen LogP contribution >= 0.6 is 0 Å². The van der Waals surface area contributed by atoms with E-state index in [1.165, 1.54) is 5.56 Å². The number of amides is 2. The Morgan fingerprint density at radius 3 is 2.48 bits per heavy atom. The van der Waals surface area contributed by atoms with Crippen LogP contribution in [-0.4, -0.2) is 23.3 Å². The fourth-order valence-electron chi connectivity index (χ4n) is 4.60. The van der Waals surface area contributed by atoms with E-state index in [-0.39, 0.29) is 18.2 Å². The van der Waals surface area contributed by atoms with Gasteiger partial charge in [-0.15, -0.1) is 0 Å². The monoisotopic (exact) mass is 435 g/mol. The first kappa shape index (κ1) is 20.9. The summed E-state index contributed by atoms with van der Waals surface area (Å²) in [5, 5.41) is 4.02. The van der Waals surface area contributed by atoms with Gasteiger partial charge >= 0.3 is 0 Å². The summed E-state index contributed by atoms with van der Waals surface area (Å²) in [6.45, 7) is 4.67. The van der Waals surface area contributed by atoms with Crippen LogP contribution in [-0.2, 0) is 17.6 Å². The Labute approximate surface area is 193 Å². The number of rotatable bonds is 4. The second kappa shape index (κ2) is 8.51. The molecule has 0 saturated heterocycles. The number of hydrogen-bond donors (Lipinski definition) is 1. The molecule has 1 aliphatic heterocycles. The zero-order chi connectivity index (χ0) is 22.9. The van der Waals surface area contributed by atoms with Gasteiger partial charge in [0.1, 0.15) is 0 Å². The van der Waals surface area contributed by atoms with Crippen LogP contribution in [0.15, 0.2) is 72.8 Å². The van der Waals surface area contributed by atoms with Crippen LogP contribution < -0.4 is 10.2 Å². The molecule has 5 heteroatoms. The number of carbonyl (C=O) groups is 2. The van der Waals surface area contributed by atoms with E-state index >= 15 is 0 Å². The lowest BCUT2D eigenvalue weighted by Crippen LogP contribution is -2.28. The Hall–Kier alpha value is -3.99. The maximum atomic E-state index is 13.0. The topological polar surface area (TPSA) is 62.3 Å². The number of nitrogens with one attached hydrogen (secondary N) is 1. The van der Waals surface area contributed by atoms with Gasteiger partial charge < -0.3 is 10.2 Å². The molecule has 1 aromatic heterocycles. The second-order valence-electron chi connectivity index (χ2n) is 8.46. The zero-order valence-corrected chi connectivity index (χ0v) is 18.8. The summed E-state index contributed by atoms with van der Waals surface area (Å²) in [5.41, 5.74) is 7.30. The van der Waals surface area contributed by atoms with Gasteiger partial charge in [-0.1, -0.05) is 36.4 Å². The highest BCUT2D eigenvalue weighted by Gasteiger charge is 2.25. The molecular weight excluding hydrogens is 410 g/mol. The number of fused-ring (bicyclic) bond motifs is 2. The van der Waals surface area contributed by atoms with Crippen LogP contribution in [0.2, 0.25) is 0 Å². The lowest BCUT2D eigenvalue weighted by molar-refractivity contribution is -0.115. The van der Waals surface area contributed by atoms with E-state index in [1.807, 2.05) is 61.2 Å². The fraction of sp³-hybridized carbons (Fsp3) is 0.179. The van der Waals surface area contributed by atoms with Crippen LogP contribution in [0.1, 0.15) is 32.7 Å². The number of aryl methyl sites for hydroxylation is 2. The number of aromatic nitrogens is 1. The van der Waals surface area contributed by atoms with Crippen LogP contribution in [0.5, 0.6) is 0 Å². The molecule has 33 heavy (non-hydrogen) atoms. The third kappa shape index (κ3) is 3.98. The molecule has 0 aliphatic carbocycles. The first-order chi connectivity index (χ1) is 16.0. The molecule has 0 saturated carbocycles. The highest BCUT2D eigenvalue weighted by atomic mass is 16.2. The van der Waals surface area contributed by atoms with Crippen molar-refractivity contribution in [3.8, 4) is 0 Å². The molecule has 5 nitrogen and oxygen atoms in total. The van der Waals surface area contributed by atoms with Crippen LogP contribution in [0.3, 0.4) is 0 Å². The van der Waals surface area contributed by atoms with E-state index in [2.05, 4.69) is 16.4 Å². The van der Waals surface area contributed by atoms with Gasteiger partial charge in [0.25, 0.3) is 5.91 Å². The number of anilines is 2. The Morgan fingerprint density at radius 1 is 0.939 bits per heavy atom. The minimum atomic E-state index is -0.106. The smallest absolute Gasteiger partial charge is 0.258 e. The quantitative estimate of drug-likeness (QED) is 0.477. The number of hydrogen-bond acceptors (Lipinski definition) is 3. The van der Waals surface area contributed by atoms with Gasteiger partial charge in [0.2, 0.25) is 5.91 Å². The minimum Gasteiger partial charge on any atom is -0.326 e. The first-order valence-electron chi connectivity index (χ1n) is 11.2. The van der Waals surface area contributed by atoms with E-state index in [1.54, 1.807) is 24.3 Å². The summed E-state index contributed by atoms with van der Waals surface area (Å²) in [6.07, 6.45) is 1.12. The van der Waals surface area contributed by atoms with Crippen molar-refractivity contribution >= 4 is 34.1 Å². The third-order valence-electron chi connectivity index (χ3n) is 6.37. The summed E-state index contributed by atoms with van der Waals surface area (Å²) in [4.78, 5) is 32.3. The minimum absolute atomic E-state index is 0.0219. The van der Waals surface area contributed by atoms with E-state index in [9.17, 15) is 9.59 Å². The Morgan fingerprint density at radius 2 is 1.67 bits per heavy atom. The van der Waals surface area contributed by atoms with Crippen molar-refractivity contribution in [3.63, 3.8) is 0 Å². The summed E-state index contributed by atoms with van der Waals surface area (Å²) >= 11 is 0. The zero-order valence-electron chi connectivity index (χ0n) is 18.8. The van der Waals surface area contributed by atoms with Gasteiger partial charge in [0.05, 0.1) is 11.9 Å².